The second-order valence-electron chi connectivity index (χ2n) is 5.31. The first-order chi connectivity index (χ1) is 13.2. The summed E-state index contributed by atoms with van der Waals surface area (Å²) >= 11 is 0. The third-order valence-corrected chi connectivity index (χ3v) is 3.49. The van der Waals surface area contributed by atoms with Crippen molar-refractivity contribution >= 4 is 5.97 Å². The topological polar surface area (TPSA) is 96.6 Å². The maximum absolute atomic E-state index is 12.3. The van der Waals surface area contributed by atoms with Crippen molar-refractivity contribution in [2.24, 2.45) is 0 Å². The molecule has 27 heavy (non-hydrogen) atoms. The van der Waals surface area contributed by atoms with E-state index >= 15 is 0 Å². The van der Waals surface area contributed by atoms with Gasteiger partial charge >= 0.3 is 5.97 Å². The summed E-state index contributed by atoms with van der Waals surface area (Å²) in [4.78, 5) is 20.6. The molecule has 0 atom stereocenters. The summed E-state index contributed by atoms with van der Waals surface area (Å²) in [7, 11) is 0. The average Bonchev–Trinajstić information content (AvgIpc) is 3.16. The van der Waals surface area contributed by atoms with Crippen LogP contribution in [-0.4, -0.2) is 34.3 Å². The smallest absolute Gasteiger partial charge is 0.344 e. The van der Waals surface area contributed by atoms with Crippen LogP contribution in [0.3, 0.4) is 0 Å². The van der Waals surface area contributed by atoms with Crippen LogP contribution in [0.25, 0.3) is 11.4 Å². The summed E-state index contributed by atoms with van der Waals surface area (Å²) in [5, 5.41) is 3.93. The molecule has 0 amide bonds. The van der Waals surface area contributed by atoms with Crippen LogP contribution in [-0.2, 0) is 11.3 Å². The van der Waals surface area contributed by atoms with E-state index in [1.54, 1.807) is 18.3 Å². The van der Waals surface area contributed by atoms with Crippen molar-refractivity contribution in [1.82, 2.24) is 15.1 Å². The van der Waals surface area contributed by atoms with Crippen LogP contribution in [0, 0.1) is 0 Å². The number of para-hydroxylation sites is 1. The Balaban J connectivity index is 1.69. The van der Waals surface area contributed by atoms with Gasteiger partial charge in [-0.05, 0) is 38.1 Å². The Morgan fingerprint density at radius 1 is 1.07 bits per heavy atom. The van der Waals surface area contributed by atoms with E-state index in [9.17, 15) is 4.79 Å². The van der Waals surface area contributed by atoms with E-state index in [4.69, 9.17) is 18.7 Å². The number of carbonyl (C=O) groups excluding carboxylic acids is 1. The van der Waals surface area contributed by atoms with Crippen molar-refractivity contribution in [1.29, 1.82) is 0 Å². The van der Waals surface area contributed by atoms with E-state index in [0.29, 0.717) is 30.4 Å². The number of esters is 1. The second-order valence-corrected chi connectivity index (χ2v) is 5.31. The lowest BCUT2D eigenvalue weighted by Crippen LogP contribution is -2.09. The van der Waals surface area contributed by atoms with Gasteiger partial charge in [0.15, 0.2) is 6.61 Å². The molecule has 0 fully saturated rings. The number of pyridine rings is 1. The molecule has 0 spiro atoms. The Hall–Kier alpha value is -3.42. The predicted octanol–water partition coefficient (Wildman–Crippen LogP) is 3.29. The number of aromatic nitrogens is 3. The van der Waals surface area contributed by atoms with Crippen LogP contribution >= 0.6 is 0 Å². The molecule has 8 heteroatoms. The van der Waals surface area contributed by atoms with Gasteiger partial charge in [0, 0.05) is 6.20 Å². The van der Waals surface area contributed by atoms with E-state index in [2.05, 4.69) is 15.1 Å². The van der Waals surface area contributed by atoms with Gasteiger partial charge in [-0.2, -0.15) is 4.98 Å². The quantitative estimate of drug-likeness (QED) is 0.558. The third kappa shape index (κ3) is 4.41. The molecule has 0 unspecified atom stereocenters. The van der Waals surface area contributed by atoms with Gasteiger partial charge in [0.25, 0.3) is 5.89 Å². The van der Waals surface area contributed by atoms with Crippen molar-refractivity contribution in [3.8, 4) is 23.0 Å². The lowest BCUT2D eigenvalue weighted by Gasteiger charge is -2.07. The highest BCUT2D eigenvalue weighted by molar-refractivity contribution is 5.91. The fraction of sp³-hybridized carbons (Fsp3) is 0.263. The van der Waals surface area contributed by atoms with Gasteiger partial charge in [0.2, 0.25) is 11.7 Å². The highest BCUT2D eigenvalue weighted by atomic mass is 16.6. The number of benzene rings is 1. The van der Waals surface area contributed by atoms with E-state index < -0.39 is 5.97 Å². The number of nitrogens with zero attached hydrogens (tertiary/aromatic N) is 3. The normalized spacial score (nSPS) is 10.4. The second kappa shape index (κ2) is 8.79. The Kier molecular flexibility index (Phi) is 5.98. The van der Waals surface area contributed by atoms with Crippen LogP contribution in [0.5, 0.6) is 11.6 Å². The molecule has 2 heterocycles. The predicted molar refractivity (Wildman–Crippen MR) is 95.4 cm³/mol. The first kappa shape index (κ1) is 18.4. The molecule has 2 aromatic heterocycles. The standard InChI is InChI=1S/C19H19N3O5/c1-3-24-15-10-6-5-8-13(15)17-21-16(27-22-17)12-26-19(23)14-9-7-11-20-18(14)25-4-2/h5-11H,3-4,12H2,1-2H3. The van der Waals surface area contributed by atoms with Crippen molar-refractivity contribution in [3.05, 3.63) is 54.0 Å². The molecule has 3 aromatic rings. The highest BCUT2D eigenvalue weighted by Crippen LogP contribution is 2.27. The van der Waals surface area contributed by atoms with Crippen LogP contribution in [0.4, 0.5) is 0 Å². The molecular formula is C19H19N3O5. The van der Waals surface area contributed by atoms with Gasteiger partial charge < -0.3 is 18.7 Å². The molecule has 0 saturated heterocycles. The molecular weight excluding hydrogens is 350 g/mol. The molecule has 0 N–H and O–H groups in total. The van der Waals surface area contributed by atoms with Crippen LogP contribution in [0.15, 0.2) is 47.1 Å². The summed E-state index contributed by atoms with van der Waals surface area (Å²) in [5.74, 6) is 0.830. The van der Waals surface area contributed by atoms with Crippen LogP contribution < -0.4 is 9.47 Å². The molecule has 0 bridgehead atoms. The first-order valence-electron chi connectivity index (χ1n) is 8.52. The molecule has 8 nitrogen and oxygen atoms in total. The zero-order chi connectivity index (χ0) is 19.1. The molecule has 0 saturated carbocycles. The minimum Gasteiger partial charge on any atom is -0.493 e. The summed E-state index contributed by atoms with van der Waals surface area (Å²) in [6.45, 7) is 4.45. The Bertz CT molecular complexity index is 910. The Morgan fingerprint density at radius 3 is 2.70 bits per heavy atom. The SMILES string of the molecule is CCOc1ccccc1-c1noc(COC(=O)c2cccnc2OCC)n1. The summed E-state index contributed by atoms with van der Waals surface area (Å²) in [5.41, 5.74) is 0.937. The van der Waals surface area contributed by atoms with Gasteiger partial charge in [-0.15, -0.1) is 0 Å². The Morgan fingerprint density at radius 2 is 1.89 bits per heavy atom. The first-order valence-corrected chi connectivity index (χ1v) is 8.52. The average molecular weight is 369 g/mol. The van der Waals surface area contributed by atoms with Crippen molar-refractivity contribution in [3.63, 3.8) is 0 Å². The fourth-order valence-electron chi connectivity index (χ4n) is 2.36. The lowest BCUT2D eigenvalue weighted by molar-refractivity contribution is 0.0424. The molecule has 0 radical (unpaired) electrons. The third-order valence-electron chi connectivity index (χ3n) is 3.49. The number of hydrogen-bond acceptors (Lipinski definition) is 8. The van der Waals surface area contributed by atoms with E-state index in [-0.39, 0.29) is 23.9 Å². The summed E-state index contributed by atoms with van der Waals surface area (Å²) in [6.07, 6.45) is 1.54. The fourth-order valence-corrected chi connectivity index (χ4v) is 2.36. The molecule has 0 aliphatic rings. The molecule has 3 rings (SSSR count). The molecule has 1 aromatic carbocycles. The summed E-state index contributed by atoms with van der Waals surface area (Å²) < 4.78 is 21.3. The largest absolute Gasteiger partial charge is 0.493 e. The minimum atomic E-state index is -0.582. The van der Waals surface area contributed by atoms with Gasteiger partial charge in [-0.3, -0.25) is 0 Å². The van der Waals surface area contributed by atoms with Crippen molar-refractivity contribution in [2.75, 3.05) is 13.2 Å². The van der Waals surface area contributed by atoms with Gasteiger partial charge in [-0.1, -0.05) is 17.3 Å². The van der Waals surface area contributed by atoms with Crippen LogP contribution in [0.2, 0.25) is 0 Å². The number of carbonyl (C=O) groups is 1. The van der Waals surface area contributed by atoms with E-state index in [1.165, 1.54) is 0 Å². The van der Waals surface area contributed by atoms with Crippen molar-refractivity contribution < 1.29 is 23.5 Å². The van der Waals surface area contributed by atoms with Gasteiger partial charge in [0.05, 0.1) is 18.8 Å². The minimum absolute atomic E-state index is 0.164. The monoisotopic (exact) mass is 369 g/mol. The van der Waals surface area contributed by atoms with Crippen molar-refractivity contribution in [2.45, 2.75) is 20.5 Å². The number of ether oxygens (including phenoxy) is 3. The lowest BCUT2D eigenvalue weighted by atomic mass is 10.2. The van der Waals surface area contributed by atoms with E-state index in [0.717, 1.165) is 0 Å². The molecule has 140 valence electrons. The molecule has 0 aliphatic carbocycles. The van der Waals surface area contributed by atoms with E-state index in [1.807, 2.05) is 38.1 Å². The summed E-state index contributed by atoms with van der Waals surface area (Å²) in [6, 6.07) is 10.6. The maximum Gasteiger partial charge on any atom is 0.344 e. The van der Waals surface area contributed by atoms with Crippen LogP contribution in [0.1, 0.15) is 30.1 Å². The van der Waals surface area contributed by atoms with Gasteiger partial charge in [-0.25, -0.2) is 9.78 Å². The zero-order valence-corrected chi connectivity index (χ0v) is 15.0. The highest BCUT2D eigenvalue weighted by Gasteiger charge is 2.18. The van der Waals surface area contributed by atoms with Gasteiger partial charge in [0.1, 0.15) is 11.3 Å². The Labute approximate surface area is 156 Å². The zero-order valence-electron chi connectivity index (χ0n) is 15.0. The number of hydrogen-bond donors (Lipinski definition) is 0. The maximum atomic E-state index is 12.3. The molecule has 0 aliphatic heterocycles. The number of rotatable bonds is 8.